The van der Waals surface area contributed by atoms with Crippen LogP contribution in [0.4, 0.5) is 11.4 Å². The molecule has 4 rings (SSSR count). The molecule has 0 bridgehead atoms. The van der Waals surface area contributed by atoms with Crippen LogP contribution in [0.3, 0.4) is 0 Å². The average Bonchev–Trinajstić information content (AvgIpc) is 3.54. The number of carbonyl (C=O) groups excluding carboxylic acids is 1. The lowest BCUT2D eigenvalue weighted by molar-refractivity contribution is -0.117. The van der Waals surface area contributed by atoms with Gasteiger partial charge < -0.3 is 9.84 Å². The number of aryl methyl sites for hydroxylation is 1. The molecule has 1 aromatic heterocycles. The highest BCUT2D eigenvalue weighted by atomic mass is 35.5. The number of halogens is 1. The Hall–Kier alpha value is -3.10. The molecule has 1 aliphatic carbocycles. The predicted octanol–water partition coefficient (Wildman–Crippen LogP) is 4.96. The van der Waals surface area contributed by atoms with Crippen LogP contribution in [0.5, 0.6) is 0 Å². The molecule has 1 amide bonds. The van der Waals surface area contributed by atoms with Crippen LogP contribution in [0, 0.1) is 12.8 Å². The quantitative estimate of drug-likeness (QED) is 0.522. The molecule has 31 heavy (non-hydrogen) atoms. The number of carbonyl (C=O) groups is 1. The maximum atomic E-state index is 12.6. The monoisotopic (exact) mass is 457 g/mol. The highest BCUT2D eigenvalue weighted by Gasteiger charge is 2.30. The zero-order valence-electron chi connectivity index (χ0n) is 16.6. The molecule has 160 valence electrons. The Morgan fingerprint density at radius 3 is 2.42 bits per heavy atom. The van der Waals surface area contributed by atoms with Gasteiger partial charge in [-0.3, -0.25) is 9.52 Å². The number of anilines is 2. The van der Waals surface area contributed by atoms with Crippen molar-refractivity contribution in [2.24, 2.45) is 5.92 Å². The van der Waals surface area contributed by atoms with Crippen LogP contribution in [0.1, 0.15) is 29.9 Å². The molecule has 2 N–H and O–H groups in total. The van der Waals surface area contributed by atoms with Gasteiger partial charge in [0.1, 0.15) is 11.4 Å². The first-order chi connectivity index (χ1) is 14.8. The largest absolute Gasteiger partial charge is 0.354 e. The molecule has 3 aromatic rings. The molecule has 0 saturated heterocycles. The Labute approximate surface area is 185 Å². The first-order valence-electron chi connectivity index (χ1n) is 9.65. The van der Waals surface area contributed by atoms with Gasteiger partial charge >= 0.3 is 0 Å². The number of rotatable bonds is 7. The number of hydrogen-bond donors (Lipinski definition) is 2. The fourth-order valence-corrected chi connectivity index (χ4v) is 4.07. The zero-order valence-corrected chi connectivity index (χ0v) is 18.2. The van der Waals surface area contributed by atoms with Gasteiger partial charge in [0.05, 0.1) is 4.90 Å². The molecule has 0 aliphatic heterocycles. The third-order valence-electron chi connectivity index (χ3n) is 4.80. The Kier molecular flexibility index (Phi) is 5.84. The molecule has 1 aliphatic rings. The van der Waals surface area contributed by atoms with Crippen LogP contribution in [0.2, 0.25) is 5.02 Å². The van der Waals surface area contributed by atoms with Crippen molar-refractivity contribution in [2.45, 2.75) is 24.7 Å². The molecule has 2 aromatic carbocycles. The van der Waals surface area contributed by atoms with Crippen LogP contribution < -0.4 is 10.0 Å². The fourth-order valence-electron chi connectivity index (χ4n) is 2.89. The van der Waals surface area contributed by atoms with Crippen molar-refractivity contribution < 1.29 is 17.7 Å². The standard InChI is InChI=1S/C22H20ClN3O4S/c1-14-21(24-22(27)16-5-6-16)20(30-25-14)13-4-15-2-11-19(12-3-15)31(28,29)26-18-9-7-17(23)8-10-18/h2-4,7-13,16,26H,5-6H2,1H3,(H,24,27). The van der Waals surface area contributed by atoms with Gasteiger partial charge in [0, 0.05) is 16.6 Å². The van der Waals surface area contributed by atoms with E-state index < -0.39 is 10.0 Å². The van der Waals surface area contributed by atoms with E-state index in [0.717, 1.165) is 18.4 Å². The van der Waals surface area contributed by atoms with E-state index in [1.54, 1.807) is 55.5 Å². The van der Waals surface area contributed by atoms with Crippen molar-refractivity contribution in [1.29, 1.82) is 0 Å². The molecule has 1 heterocycles. The zero-order chi connectivity index (χ0) is 22.0. The van der Waals surface area contributed by atoms with Crippen LogP contribution in [-0.4, -0.2) is 19.5 Å². The summed E-state index contributed by atoms with van der Waals surface area (Å²) in [6, 6.07) is 12.8. The summed E-state index contributed by atoms with van der Waals surface area (Å²) in [6.45, 7) is 1.76. The Balaban J connectivity index is 1.47. The lowest BCUT2D eigenvalue weighted by Gasteiger charge is -2.08. The molecule has 0 spiro atoms. The van der Waals surface area contributed by atoms with Gasteiger partial charge in [0.15, 0.2) is 5.76 Å². The normalized spacial score (nSPS) is 14.0. The summed E-state index contributed by atoms with van der Waals surface area (Å²) in [4.78, 5) is 12.2. The van der Waals surface area contributed by atoms with Gasteiger partial charge in [-0.1, -0.05) is 35.0 Å². The summed E-state index contributed by atoms with van der Waals surface area (Å²) < 4.78 is 32.9. The molecule has 0 atom stereocenters. The summed E-state index contributed by atoms with van der Waals surface area (Å²) in [7, 11) is -3.72. The molecular formula is C22H20ClN3O4S. The highest BCUT2D eigenvalue weighted by Crippen LogP contribution is 2.32. The summed E-state index contributed by atoms with van der Waals surface area (Å²) in [5, 5.41) is 7.31. The highest BCUT2D eigenvalue weighted by molar-refractivity contribution is 7.92. The third kappa shape index (κ3) is 5.15. The summed E-state index contributed by atoms with van der Waals surface area (Å²) >= 11 is 5.83. The van der Waals surface area contributed by atoms with Crippen molar-refractivity contribution in [3.05, 3.63) is 70.6 Å². The second kappa shape index (κ2) is 8.56. The van der Waals surface area contributed by atoms with Gasteiger partial charge in [-0.25, -0.2) is 8.42 Å². The molecule has 1 saturated carbocycles. The van der Waals surface area contributed by atoms with Gasteiger partial charge in [-0.15, -0.1) is 0 Å². The van der Waals surface area contributed by atoms with Crippen molar-refractivity contribution in [1.82, 2.24) is 5.16 Å². The minimum Gasteiger partial charge on any atom is -0.354 e. The summed E-state index contributed by atoms with van der Waals surface area (Å²) in [6.07, 6.45) is 5.26. The van der Waals surface area contributed by atoms with E-state index in [-0.39, 0.29) is 16.7 Å². The third-order valence-corrected chi connectivity index (χ3v) is 6.45. The van der Waals surface area contributed by atoms with Crippen molar-refractivity contribution in [2.75, 3.05) is 10.0 Å². The van der Waals surface area contributed by atoms with Crippen LogP contribution in [0.15, 0.2) is 57.9 Å². The predicted molar refractivity (Wildman–Crippen MR) is 120 cm³/mol. The van der Waals surface area contributed by atoms with Gasteiger partial charge in [0.2, 0.25) is 5.91 Å². The molecule has 0 unspecified atom stereocenters. The smallest absolute Gasteiger partial charge is 0.261 e. The first kappa shape index (κ1) is 21.1. The minimum absolute atomic E-state index is 0.0244. The molecule has 1 fully saturated rings. The minimum atomic E-state index is -3.72. The van der Waals surface area contributed by atoms with E-state index in [0.29, 0.717) is 27.9 Å². The van der Waals surface area contributed by atoms with Crippen LogP contribution >= 0.6 is 11.6 Å². The number of benzene rings is 2. The molecule has 9 heteroatoms. The Morgan fingerprint density at radius 1 is 1.10 bits per heavy atom. The van der Waals surface area contributed by atoms with Gasteiger partial charge in [0.25, 0.3) is 10.0 Å². The number of sulfonamides is 1. The van der Waals surface area contributed by atoms with Crippen molar-refractivity contribution in [3.8, 4) is 0 Å². The van der Waals surface area contributed by atoms with Crippen LogP contribution in [-0.2, 0) is 14.8 Å². The lowest BCUT2D eigenvalue weighted by atomic mass is 10.2. The maximum absolute atomic E-state index is 12.6. The van der Waals surface area contributed by atoms with Gasteiger partial charge in [-0.2, -0.15) is 0 Å². The fraction of sp³-hybridized carbons (Fsp3) is 0.182. The van der Waals surface area contributed by atoms with Crippen molar-refractivity contribution >= 4 is 51.1 Å². The number of hydrogen-bond acceptors (Lipinski definition) is 5. The van der Waals surface area contributed by atoms with E-state index in [2.05, 4.69) is 15.2 Å². The second-order valence-electron chi connectivity index (χ2n) is 7.29. The molecule has 7 nitrogen and oxygen atoms in total. The van der Waals surface area contributed by atoms with E-state index >= 15 is 0 Å². The Morgan fingerprint density at radius 2 is 1.77 bits per heavy atom. The summed E-state index contributed by atoms with van der Waals surface area (Å²) in [5.41, 5.74) is 2.34. The second-order valence-corrected chi connectivity index (χ2v) is 9.40. The number of amides is 1. The first-order valence-corrected chi connectivity index (χ1v) is 11.5. The topological polar surface area (TPSA) is 101 Å². The SMILES string of the molecule is Cc1noc(C=Cc2ccc(S(=O)(=O)Nc3ccc(Cl)cc3)cc2)c1NC(=O)C1CC1. The lowest BCUT2D eigenvalue weighted by Crippen LogP contribution is -2.14. The number of nitrogens with zero attached hydrogens (tertiary/aromatic N) is 1. The molecular weight excluding hydrogens is 438 g/mol. The van der Waals surface area contributed by atoms with Crippen LogP contribution in [0.25, 0.3) is 12.2 Å². The molecule has 0 radical (unpaired) electrons. The Bertz CT molecular complexity index is 1230. The van der Waals surface area contributed by atoms with Crippen molar-refractivity contribution in [3.63, 3.8) is 0 Å². The van der Waals surface area contributed by atoms with E-state index in [1.807, 2.05) is 0 Å². The maximum Gasteiger partial charge on any atom is 0.261 e. The van der Waals surface area contributed by atoms with E-state index in [9.17, 15) is 13.2 Å². The van der Waals surface area contributed by atoms with E-state index in [1.165, 1.54) is 12.1 Å². The van der Waals surface area contributed by atoms with E-state index in [4.69, 9.17) is 16.1 Å². The summed E-state index contributed by atoms with van der Waals surface area (Å²) in [5.74, 6) is 0.485. The number of aromatic nitrogens is 1. The average molecular weight is 458 g/mol. The number of nitrogens with one attached hydrogen (secondary N) is 2. The van der Waals surface area contributed by atoms with Gasteiger partial charge in [-0.05, 0) is 67.8 Å².